The van der Waals surface area contributed by atoms with Crippen LogP contribution in [0, 0.1) is 0 Å². The van der Waals surface area contributed by atoms with E-state index in [4.69, 9.17) is 9.15 Å². The first kappa shape index (κ1) is 23.7. The van der Waals surface area contributed by atoms with E-state index in [1.165, 1.54) is 11.3 Å². The topological polar surface area (TPSA) is 88.8 Å². The highest BCUT2D eigenvalue weighted by Crippen LogP contribution is 2.40. The van der Waals surface area contributed by atoms with Crippen LogP contribution in [0.2, 0.25) is 0 Å². The Morgan fingerprint density at radius 3 is 2.71 bits per heavy atom. The predicted molar refractivity (Wildman–Crippen MR) is 136 cm³/mol. The van der Waals surface area contributed by atoms with Crippen molar-refractivity contribution in [1.29, 1.82) is 0 Å². The maximum atomic E-state index is 13.1. The highest BCUT2D eigenvalue weighted by molar-refractivity contribution is 8.00. The molecule has 5 rings (SSSR count). The lowest BCUT2D eigenvalue weighted by molar-refractivity contribution is -0.128. The summed E-state index contributed by atoms with van der Waals surface area (Å²) in [5.74, 6) is 0.553. The second kappa shape index (κ2) is 10.3. The Labute approximate surface area is 211 Å². The van der Waals surface area contributed by atoms with Gasteiger partial charge in [0.25, 0.3) is 5.91 Å². The SMILES string of the molecule is CCOC(=O)c1c(NC(=O)c2ccc([C@H]3SCC(=O)N3Cc3ccco3)cc2)sc2c1CCCC2. The monoisotopic (exact) mass is 510 g/mol. The smallest absolute Gasteiger partial charge is 0.341 e. The number of fused-ring (bicyclic) bond motifs is 1. The van der Waals surface area contributed by atoms with Crippen LogP contribution in [0.1, 0.15) is 67.6 Å². The van der Waals surface area contributed by atoms with E-state index in [-0.39, 0.29) is 29.8 Å². The molecule has 2 amide bonds. The van der Waals surface area contributed by atoms with Gasteiger partial charge < -0.3 is 19.4 Å². The number of esters is 1. The number of carbonyl (C=O) groups is 3. The molecule has 1 atom stereocenters. The van der Waals surface area contributed by atoms with Crippen LogP contribution in [0.5, 0.6) is 0 Å². The Hall–Kier alpha value is -3.04. The molecular weight excluding hydrogens is 484 g/mol. The third-order valence-corrected chi connectivity index (χ3v) is 8.67. The van der Waals surface area contributed by atoms with Crippen LogP contribution in [0.3, 0.4) is 0 Å². The van der Waals surface area contributed by atoms with Crippen LogP contribution in [-0.2, 0) is 28.9 Å². The van der Waals surface area contributed by atoms with Crippen molar-refractivity contribution in [1.82, 2.24) is 4.90 Å². The van der Waals surface area contributed by atoms with Crippen molar-refractivity contribution in [3.8, 4) is 0 Å². The Bertz CT molecular complexity index is 1230. The summed E-state index contributed by atoms with van der Waals surface area (Å²) < 4.78 is 10.7. The number of ether oxygens (including phenoxy) is 1. The molecule has 0 unspecified atom stereocenters. The number of anilines is 1. The van der Waals surface area contributed by atoms with Crippen molar-refractivity contribution in [2.24, 2.45) is 0 Å². The number of benzene rings is 1. The third kappa shape index (κ3) is 4.88. The molecule has 0 spiro atoms. The number of aryl methyl sites for hydroxylation is 1. The molecule has 1 aliphatic carbocycles. The number of hydrogen-bond acceptors (Lipinski definition) is 7. The minimum atomic E-state index is -0.378. The lowest BCUT2D eigenvalue weighted by Crippen LogP contribution is -2.27. The molecule has 182 valence electrons. The largest absolute Gasteiger partial charge is 0.467 e. The summed E-state index contributed by atoms with van der Waals surface area (Å²) in [6, 6.07) is 10.9. The van der Waals surface area contributed by atoms with Crippen LogP contribution in [0.4, 0.5) is 5.00 Å². The number of nitrogens with one attached hydrogen (secondary N) is 1. The molecule has 0 bridgehead atoms. The fraction of sp³-hybridized carbons (Fsp3) is 0.346. The highest BCUT2D eigenvalue weighted by atomic mass is 32.2. The van der Waals surface area contributed by atoms with E-state index in [9.17, 15) is 14.4 Å². The Morgan fingerprint density at radius 1 is 1.17 bits per heavy atom. The summed E-state index contributed by atoms with van der Waals surface area (Å²) in [5.41, 5.74) is 2.96. The second-order valence-electron chi connectivity index (χ2n) is 8.48. The molecule has 1 aromatic carbocycles. The van der Waals surface area contributed by atoms with E-state index >= 15 is 0 Å². The maximum absolute atomic E-state index is 13.1. The summed E-state index contributed by atoms with van der Waals surface area (Å²) in [6.07, 6.45) is 5.47. The van der Waals surface area contributed by atoms with E-state index in [1.807, 2.05) is 24.3 Å². The Kier molecular flexibility index (Phi) is 6.97. The zero-order chi connectivity index (χ0) is 24.4. The standard InChI is InChI=1S/C26H26N2O5S2/c1-2-32-26(31)22-19-7-3-4-8-20(19)35-24(22)27-23(30)16-9-11-17(12-10-16)25-28(21(29)15-34-25)14-18-6-5-13-33-18/h5-6,9-13,25H,2-4,7-8,14-15H2,1H3,(H,27,30)/t25-/m1/s1. The first-order valence-electron chi connectivity index (χ1n) is 11.7. The lowest BCUT2D eigenvalue weighted by Gasteiger charge is -2.23. The van der Waals surface area contributed by atoms with Gasteiger partial charge in [0, 0.05) is 10.4 Å². The second-order valence-corrected chi connectivity index (χ2v) is 10.6. The summed E-state index contributed by atoms with van der Waals surface area (Å²) in [6.45, 7) is 2.48. The number of furan rings is 1. The molecule has 3 aromatic rings. The zero-order valence-corrected chi connectivity index (χ0v) is 21.0. The van der Waals surface area contributed by atoms with Crippen molar-refractivity contribution in [3.05, 3.63) is 75.6 Å². The normalized spacial score (nSPS) is 17.3. The summed E-state index contributed by atoms with van der Waals surface area (Å²) in [5, 5.41) is 3.38. The van der Waals surface area contributed by atoms with Gasteiger partial charge in [-0.05, 0) is 68.0 Å². The van der Waals surface area contributed by atoms with Crippen LogP contribution >= 0.6 is 23.1 Å². The lowest BCUT2D eigenvalue weighted by atomic mass is 9.95. The first-order valence-corrected chi connectivity index (χ1v) is 13.6. The van der Waals surface area contributed by atoms with Crippen molar-refractivity contribution in [3.63, 3.8) is 0 Å². The molecule has 9 heteroatoms. The van der Waals surface area contributed by atoms with Crippen LogP contribution < -0.4 is 5.32 Å². The molecule has 1 aliphatic heterocycles. The van der Waals surface area contributed by atoms with Crippen LogP contribution in [0.15, 0.2) is 47.1 Å². The zero-order valence-electron chi connectivity index (χ0n) is 19.4. The molecule has 35 heavy (non-hydrogen) atoms. The third-order valence-electron chi connectivity index (χ3n) is 6.21. The molecule has 2 aliphatic rings. The summed E-state index contributed by atoms with van der Waals surface area (Å²) >= 11 is 3.04. The highest BCUT2D eigenvalue weighted by Gasteiger charge is 2.33. The number of thiophene rings is 1. The van der Waals surface area contributed by atoms with E-state index in [0.29, 0.717) is 28.4 Å². The molecule has 0 saturated carbocycles. The van der Waals surface area contributed by atoms with Gasteiger partial charge in [0.05, 0.1) is 30.7 Å². The fourth-order valence-electron chi connectivity index (χ4n) is 4.52. The van der Waals surface area contributed by atoms with Gasteiger partial charge in [-0.25, -0.2) is 4.79 Å². The van der Waals surface area contributed by atoms with Gasteiger partial charge in [-0.15, -0.1) is 23.1 Å². The molecule has 2 aromatic heterocycles. The number of amides is 2. The molecule has 1 fully saturated rings. The Morgan fingerprint density at radius 2 is 1.97 bits per heavy atom. The van der Waals surface area contributed by atoms with Gasteiger partial charge in [0.15, 0.2) is 0 Å². The number of hydrogen-bond donors (Lipinski definition) is 1. The quantitative estimate of drug-likeness (QED) is 0.427. The van der Waals surface area contributed by atoms with Crippen LogP contribution in [0.25, 0.3) is 0 Å². The molecular formula is C26H26N2O5S2. The number of rotatable bonds is 7. The molecule has 1 saturated heterocycles. The van der Waals surface area contributed by atoms with Gasteiger partial charge in [-0.3, -0.25) is 9.59 Å². The van der Waals surface area contributed by atoms with Crippen molar-refractivity contribution in [2.75, 3.05) is 17.7 Å². The maximum Gasteiger partial charge on any atom is 0.341 e. The van der Waals surface area contributed by atoms with Gasteiger partial charge in [0.2, 0.25) is 5.91 Å². The minimum absolute atomic E-state index is 0.0615. The van der Waals surface area contributed by atoms with E-state index in [1.54, 1.807) is 42.0 Å². The summed E-state index contributed by atoms with van der Waals surface area (Å²) in [4.78, 5) is 41.1. The fourth-order valence-corrected chi connectivity index (χ4v) is 6.98. The number of carbonyl (C=O) groups excluding carboxylic acids is 3. The predicted octanol–water partition coefficient (Wildman–Crippen LogP) is 5.42. The average Bonchev–Trinajstić information content (AvgIpc) is 3.59. The van der Waals surface area contributed by atoms with E-state index in [0.717, 1.165) is 47.4 Å². The molecule has 3 heterocycles. The van der Waals surface area contributed by atoms with Crippen molar-refractivity contribution in [2.45, 2.75) is 44.5 Å². The van der Waals surface area contributed by atoms with Crippen LogP contribution in [-0.4, -0.2) is 35.0 Å². The molecule has 0 radical (unpaired) electrons. The molecule has 7 nitrogen and oxygen atoms in total. The van der Waals surface area contributed by atoms with Crippen molar-refractivity contribution < 1.29 is 23.5 Å². The summed E-state index contributed by atoms with van der Waals surface area (Å²) in [7, 11) is 0. The number of thioether (sulfide) groups is 1. The first-order chi connectivity index (χ1) is 17.0. The van der Waals surface area contributed by atoms with Crippen molar-refractivity contribution >= 4 is 45.9 Å². The minimum Gasteiger partial charge on any atom is -0.467 e. The van der Waals surface area contributed by atoms with Gasteiger partial charge in [0.1, 0.15) is 16.1 Å². The van der Waals surface area contributed by atoms with E-state index < -0.39 is 0 Å². The number of nitrogens with zero attached hydrogens (tertiary/aromatic N) is 1. The average molecular weight is 511 g/mol. The molecule has 1 N–H and O–H groups in total. The van der Waals surface area contributed by atoms with Gasteiger partial charge in [-0.1, -0.05) is 12.1 Å². The van der Waals surface area contributed by atoms with Gasteiger partial charge in [-0.2, -0.15) is 0 Å². The Balaban J connectivity index is 1.33. The van der Waals surface area contributed by atoms with Gasteiger partial charge >= 0.3 is 5.97 Å². The van der Waals surface area contributed by atoms with E-state index in [2.05, 4.69) is 5.32 Å².